The number of nitrogen functional groups attached to an aromatic ring is 1. The number of nitrogens with two attached hydrogens (primary N) is 1. The van der Waals surface area contributed by atoms with Crippen LogP contribution >= 0.6 is 7.82 Å². The molecule has 0 aliphatic carbocycles. The Morgan fingerprint density at radius 1 is 1.29 bits per heavy atom. The Morgan fingerprint density at radius 3 is 2.55 bits per heavy atom. The molecule has 0 saturated carbocycles. The maximum absolute atomic E-state index is 12.7. The molecule has 2 aromatic rings. The zero-order chi connectivity index (χ0) is 23.0. The van der Waals surface area contributed by atoms with Gasteiger partial charge in [-0.25, -0.2) is 14.5 Å². The molecule has 0 unspecified atom stereocenters. The highest BCUT2D eigenvalue weighted by atomic mass is 31.2. The normalized spacial score (nSPS) is 12.3. The van der Waals surface area contributed by atoms with Gasteiger partial charge in [-0.05, 0) is 25.8 Å². The van der Waals surface area contributed by atoms with Gasteiger partial charge >= 0.3 is 7.82 Å². The summed E-state index contributed by atoms with van der Waals surface area (Å²) in [6, 6.07) is 8.60. The molecule has 2 rings (SSSR count). The maximum atomic E-state index is 12.7. The number of aryl methyl sites for hydroxylation is 1. The average Bonchev–Trinajstić information content (AvgIpc) is 2.71. The lowest BCUT2D eigenvalue weighted by atomic mass is 9.99. The van der Waals surface area contributed by atoms with E-state index in [0.29, 0.717) is 34.6 Å². The van der Waals surface area contributed by atoms with Gasteiger partial charge in [-0.1, -0.05) is 30.3 Å². The molecular weight excluding hydrogens is 423 g/mol. The summed E-state index contributed by atoms with van der Waals surface area (Å²) in [6.45, 7) is 3.09. The van der Waals surface area contributed by atoms with Crippen molar-refractivity contribution in [3.05, 3.63) is 64.8 Å². The molecule has 0 atom stereocenters. The number of hydrogen-bond donors (Lipinski definition) is 3. The van der Waals surface area contributed by atoms with Gasteiger partial charge < -0.3 is 20.4 Å². The van der Waals surface area contributed by atoms with E-state index in [4.69, 9.17) is 15.5 Å². The van der Waals surface area contributed by atoms with Gasteiger partial charge in [0, 0.05) is 29.4 Å². The van der Waals surface area contributed by atoms with Gasteiger partial charge in [0.05, 0.1) is 13.2 Å². The zero-order valence-electron chi connectivity index (χ0n) is 17.3. The first-order chi connectivity index (χ1) is 14.6. The van der Waals surface area contributed by atoms with Crippen LogP contribution in [0.2, 0.25) is 0 Å². The van der Waals surface area contributed by atoms with E-state index in [9.17, 15) is 14.2 Å². The van der Waals surface area contributed by atoms with Gasteiger partial charge in [-0.15, -0.1) is 0 Å². The molecule has 166 valence electrons. The van der Waals surface area contributed by atoms with E-state index in [1.165, 1.54) is 11.1 Å². The van der Waals surface area contributed by atoms with Crippen LogP contribution in [0.15, 0.2) is 47.8 Å². The summed E-state index contributed by atoms with van der Waals surface area (Å²) in [5.41, 5.74) is 7.88. The predicted molar refractivity (Wildman–Crippen MR) is 113 cm³/mol. The second-order valence-corrected chi connectivity index (χ2v) is 8.03. The third-order valence-electron chi connectivity index (χ3n) is 4.56. The van der Waals surface area contributed by atoms with Crippen LogP contribution in [-0.2, 0) is 20.4 Å². The molecule has 0 aliphatic rings. The lowest BCUT2D eigenvalue weighted by Gasteiger charge is -2.23. The van der Waals surface area contributed by atoms with E-state index in [1.807, 2.05) is 0 Å². The van der Waals surface area contributed by atoms with Crippen LogP contribution in [0.5, 0.6) is 0 Å². The molecule has 1 amide bonds. The highest BCUT2D eigenvalue weighted by Crippen LogP contribution is 2.36. The first-order valence-electron chi connectivity index (χ1n) is 9.37. The SMILES string of the molecule is C/C(=C(/CCOP(=O)(O)O)CC(=O)c1ccccc1)N(C=O)Cc1cnc(C)nc1N. The van der Waals surface area contributed by atoms with Crippen LogP contribution in [0.3, 0.4) is 0 Å². The quantitative estimate of drug-likeness (QED) is 0.267. The largest absolute Gasteiger partial charge is 0.469 e. The third-order valence-corrected chi connectivity index (χ3v) is 5.08. The zero-order valence-corrected chi connectivity index (χ0v) is 18.2. The molecule has 1 heterocycles. The fraction of sp³-hybridized carbons (Fsp3) is 0.300. The van der Waals surface area contributed by atoms with Crippen molar-refractivity contribution in [2.75, 3.05) is 12.3 Å². The molecule has 0 aliphatic heterocycles. The number of benzene rings is 1. The molecular formula is C20H25N4O6P. The molecule has 10 nitrogen and oxygen atoms in total. The smallest absolute Gasteiger partial charge is 0.383 e. The molecule has 1 aromatic heterocycles. The second-order valence-electron chi connectivity index (χ2n) is 6.79. The number of nitrogens with zero attached hydrogens (tertiary/aromatic N) is 3. The maximum Gasteiger partial charge on any atom is 0.469 e. The average molecular weight is 448 g/mol. The Morgan fingerprint density at radius 2 is 1.97 bits per heavy atom. The number of phosphoric ester groups is 1. The number of amides is 1. The Hall–Kier alpha value is -2.91. The summed E-state index contributed by atoms with van der Waals surface area (Å²) in [5, 5.41) is 0. The fourth-order valence-corrected chi connectivity index (χ4v) is 3.19. The number of carbonyl (C=O) groups is 2. The van der Waals surface area contributed by atoms with Gasteiger partial charge in [-0.2, -0.15) is 0 Å². The molecule has 31 heavy (non-hydrogen) atoms. The molecule has 0 saturated heterocycles. The van der Waals surface area contributed by atoms with E-state index in [1.54, 1.807) is 44.2 Å². The van der Waals surface area contributed by atoms with E-state index < -0.39 is 7.82 Å². The van der Waals surface area contributed by atoms with Crippen LogP contribution in [0, 0.1) is 6.92 Å². The van der Waals surface area contributed by atoms with Crippen molar-refractivity contribution in [1.29, 1.82) is 0 Å². The van der Waals surface area contributed by atoms with Gasteiger partial charge in [0.1, 0.15) is 11.6 Å². The van der Waals surface area contributed by atoms with E-state index in [0.717, 1.165) is 0 Å². The molecule has 4 N–H and O–H groups in total. The number of allylic oxidation sites excluding steroid dienone is 1. The third kappa shape index (κ3) is 7.69. The number of anilines is 1. The molecule has 0 spiro atoms. The Kier molecular flexibility index (Phi) is 8.58. The first kappa shape index (κ1) is 24.4. The highest BCUT2D eigenvalue weighted by Gasteiger charge is 2.19. The standard InChI is InChI=1S/C20H25N4O6P/c1-14(24(13-25)12-18-11-22-15(2)23-20(18)21)17(8-9-30-31(27,28)29)10-19(26)16-6-4-3-5-7-16/h3-7,11,13H,8-10,12H2,1-2H3,(H2,21,22,23)(H2,27,28,29)/b17-14+. The van der Waals surface area contributed by atoms with E-state index in [2.05, 4.69) is 14.5 Å². The van der Waals surface area contributed by atoms with Crippen LogP contribution < -0.4 is 5.73 Å². The highest BCUT2D eigenvalue weighted by molar-refractivity contribution is 7.46. The van der Waals surface area contributed by atoms with Crippen molar-refractivity contribution in [1.82, 2.24) is 14.9 Å². The first-order valence-corrected chi connectivity index (χ1v) is 10.9. The second kappa shape index (κ2) is 10.9. The molecule has 1 aromatic carbocycles. The lowest BCUT2D eigenvalue weighted by Crippen LogP contribution is -2.23. The van der Waals surface area contributed by atoms with E-state index >= 15 is 0 Å². The molecule has 0 fully saturated rings. The van der Waals surface area contributed by atoms with Crippen LogP contribution in [0.25, 0.3) is 0 Å². The Labute approximate surface area is 180 Å². The van der Waals surface area contributed by atoms with Gasteiger partial charge in [-0.3, -0.25) is 14.1 Å². The number of aromatic nitrogens is 2. The van der Waals surface area contributed by atoms with E-state index in [-0.39, 0.29) is 37.6 Å². The predicted octanol–water partition coefficient (Wildman–Crippen LogP) is 2.37. The summed E-state index contributed by atoms with van der Waals surface area (Å²) in [5.74, 6) is 0.531. The van der Waals surface area contributed by atoms with Crippen molar-refractivity contribution in [3.63, 3.8) is 0 Å². The van der Waals surface area contributed by atoms with Crippen molar-refractivity contribution >= 4 is 25.8 Å². The summed E-state index contributed by atoms with van der Waals surface area (Å²) >= 11 is 0. The Bertz CT molecular complexity index is 1010. The van der Waals surface area contributed by atoms with Crippen LogP contribution in [0.1, 0.15) is 41.5 Å². The van der Waals surface area contributed by atoms with Crippen LogP contribution in [0.4, 0.5) is 5.82 Å². The van der Waals surface area contributed by atoms with Crippen molar-refractivity contribution < 1.29 is 28.5 Å². The number of hydrogen-bond acceptors (Lipinski definition) is 7. The number of rotatable bonds is 11. The number of carbonyl (C=O) groups excluding carboxylic acids is 2. The molecule has 0 bridgehead atoms. The molecule has 0 radical (unpaired) electrons. The lowest BCUT2D eigenvalue weighted by molar-refractivity contribution is -0.117. The fourth-order valence-electron chi connectivity index (χ4n) is 2.86. The van der Waals surface area contributed by atoms with Gasteiger partial charge in [0.2, 0.25) is 6.41 Å². The summed E-state index contributed by atoms with van der Waals surface area (Å²) < 4.78 is 15.6. The summed E-state index contributed by atoms with van der Waals surface area (Å²) in [4.78, 5) is 51.9. The van der Waals surface area contributed by atoms with Gasteiger partial charge in [0.25, 0.3) is 0 Å². The summed E-state index contributed by atoms with van der Waals surface area (Å²) in [6.07, 6.45) is 2.10. The van der Waals surface area contributed by atoms with Crippen molar-refractivity contribution in [2.45, 2.75) is 33.2 Å². The van der Waals surface area contributed by atoms with Crippen LogP contribution in [-0.4, -0.2) is 43.5 Å². The number of Topliss-reactive ketones (excluding diaryl/α,β-unsaturated/α-hetero) is 1. The minimum Gasteiger partial charge on any atom is -0.383 e. The number of ketones is 1. The molecule has 11 heteroatoms. The summed E-state index contributed by atoms with van der Waals surface area (Å²) in [7, 11) is -4.66. The topological polar surface area (TPSA) is 156 Å². The Balaban J connectivity index is 2.30. The van der Waals surface area contributed by atoms with Gasteiger partial charge in [0.15, 0.2) is 5.78 Å². The minimum atomic E-state index is -4.66. The number of phosphoric acid groups is 1. The van der Waals surface area contributed by atoms with Crippen molar-refractivity contribution in [2.24, 2.45) is 0 Å². The monoisotopic (exact) mass is 448 g/mol. The minimum absolute atomic E-state index is 0.0414. The van der Waals surface area contributed by atoms with Crippen molar-refractivity contribution in [3.8, 4) is 0 Å².